The number of esters is 1. The van der Waals surface area contributed by atoms with Crippen LogP contribution in [0.25, 0.3) is 0 Å². The van der Waals surface area contributed by atoms with Gasteiger partial charge in [0, 0.05) is 13.0 Å². The summed E-state index contributed by atoms with van der Waals surface area (Å²) in [5, 5.41) is 10.9. The number of carbonyl (C=O) groups excluding carboxylic acids is 1. The van der Waals surface area contributed by atoms with Gasteiger partial charge in [0.15, 0.2) is 0 Å². The highest BCUT2D eigenvalue weighted by molar-refractivity contribution is 5.89. The van der Waals surface area contributed by atoms with Gasteiger partial charge < -0.3 is 19.3 Å². The van der Waals surface area contributed by atoms with E-state index in [0.29, 0.717) is 17.4 Å². The lowest BCUT2D eigenvalue weighted by atomic mass is 9.61. The highest BCUT2D eigenvalue weighted by Gasteiger charge is 2.54. The van der Waals surface area contributed by atoms with Crippen molar-refractivity contribution in [2.75, 3.05) is 13.9 Å². The van der Waals surface area contributed by atoms with Crippen LogP contribution in [0.2, 0.25) is 0 Å². The average Bonchev–Trinajstić information content (AvgIpc) is 3.14. The molecule has 5 heteroatoms. The molecule has 6 atom stereocenters. The second kappa shape index (κ2) is 10.4. The summed E-state index contributed by atoms with van der Waals surface area (Å²) in [5.41, 5.74) is -0.0450. The van der Waals surface area contributed by atoms with Crippen molar-refractivity contribution in [2.45, 2.75) is 77.6 Å². The molecule has 2 aliphatic carbocycles. The largest absolute Gasteiger partial charge is 0.458 e. The molecule has 0 spiro atoms. The molecule has 2 aliphatic rings. The lowest BCUT2D eigenvalue weighted by molar-refractivity contribution is -0.0879. The molecule has 0 bridgehead atoms. The molecule has 0 heterocycles. The van der Waals surface area contributed by atoms with E-state index in [-0.39, 0.29) is 30.2 Å². The summed E-state index contributed by atoms with van der Waals surface area (Å²) < 4.78 is 16.6. The quantitative estimate of drug-likeness (QED) is 0.372. The predicted octanol–water partition coefficient (Wildman–Crippen LogP) is 4.83. The molecule has 3 rings (SSSR count). The number of ether oxygens (including phenoxy) is 3. The maximum atomic E-state index is 12.7. The zero-order valence-electron chi connectivity index (χ0n) is 20.1. The maximum Gasteiger partial charge on any atom is 0.338 e. The van der Waals surface area contributed by atoms with Crippen molar-refractivity contribution in [3.8, 4) is 11.8 Å². The van der Waals surface area contributed by atoms with Gasteiger partial charge in [-0.3, -0.25) is 0 Å². The van der Waals surface area contributed by atoms with Crippen LogP contribution >= 0.6 is 0 Å². The van der Waals surface area contributed by atoms with Crippen molar-refractivity contribution in [2.24, 2.45) is 23.2 Å². The van der Waals surface area contributed by atoms with Crippen LogP contribution in [0.15, 0.2) is 30.3 Å². The van der Waals surface area contributed by atoms with Gasteiger partial charge in [-0.25, -0.2) is 4.79 Å². The number of hydrogen-bond acceptors (Lipinski definition) is 5. The van der Waals surface area contributed by atoms with Crippen LogP contribution in [0, 0.1) is 35.0 Å². The fraction of sp³-hybridized carbons (Fsp3) is 0.667. The van der Waals surface area contributed by atoms with Gasteiger partial charge in [-0.1, -0.05) is 43.9 Å². The SMILES string of the molecule is COCOC(C)(C)C#C[C@H](O)[C@@H](C)C1CCC2[C@@H](OC(=O)c3ccccc3)CCC[C@@]21C. The molecule has 176 valence electrons. The Morgan fingerprint density at radius 3 is 2.66 bits per heavy atom. The molecule has 0 aromatic heterocycles. The van der Waals surface area contributed by atoms with Crippen molar-refractivity contribution in [3.63, 3.8) is 0 Å². The fourth-order valence-corrected chi connectivity index (χ4v) is 5.79. The molecule has 1 aromatic carbocycles. The molecule has 1 N–H and O–H groups in total. The van der Waals surface area contributed by atoms with Crippen molar-refractivity contribution >= 4 is 5.97 Å². The Bertz CT molecular complexity index is 823. The van der Waals surface area contributed by atoms with E-state index < -0.39 is 11.7 Å². The van der Waals surface area contributed by atoms with Crippen LogP contribution in [0.5, 0.6) is 0 Å². The van der Waals surface area contributed by atoms with Gasteiger partial charge in [-0.2, -0.15) is 0 Å². The van der Waals surface area contributed by atoms with Crippen LogP contribution in [-0.4, -0.2) is 42.8 Å². The topological polar surface area (TPSA) is 65.0 Å². The molecule has 2 unspecified atom stereocenters. The first-order chi connectivity index (χ1) is 15.2. The molecule has 32 heavy (non-hydrogen) atoms. The highest BCUT2D eigenvalue weighted by Crippen LogP contribution is 2.58. The molecule has 0 radical (unpaired) electrons. The van der Waals surface area contributed by atoms with Crippen LogP contribution < -0.4 is 0 Å². The minimum Gasteiger partial charge on any atom is -0.458 e. The fourth-order valence-electron chi connectivity index (χ4n) is 5.79. The van der Waals surface area contributed by atoms with E-state index in [0.717, 1.165) is 32.1 Å². The number of benzene rings is 1. The number of aliphatic hydroxyl groups excluding tert-OH is 1. The van der Waals surface area contributed by atoms with Gasteiger partial charge in [0.25, 0.3) is 0 Å². The Hall–Kier alpha value is -1.87. The van der Waals surface area contributed by atoms with E-state index in [2.05, 4.69) is 25.7 Å². The Balaban J connectivity index is 1.68. The average molecular weight is 443 g/mol. The van der Waals surface area contributed by atoms with Crippen LogP contribution in [0.3, 0.4) is 0 Å². The summed E-state index contributed by atoms with van der Waals surface area (Å²) in [6, 6.07) is 9.22. The first kappa shape index (κ1) is 24.8. The Morgan fingerprint density at radius 2 is 1.97 bits per heavy atom. The number of aliphatic hydroxyl groups is 1. The minimum absolute atomic E-state index is 0.0271. The van der Waals surface area contributed by atoms with E-state index in [1.807, 2.05) is 32.0 Å². The van der Waals surface area contributed by atoms with Crippen LogP contribution in [-0.2, 0) is 14.2 Å². The third-order valence-electron chi connectivity index (χ3n) is 7.59. The number of rotatable bonds is 7. The zero-order chi connectivity index (χ0) is 23.4. The lowest BCUT2D eigenvalue weighted by Gasteiger charge is -2.46. The molecule has 2 saturated carbocycles. The third kappa shape index (κ3) is 5.54. The molecule has 0 saturated heterocycles. The summed E-state index contributed by atoms with van der Waals surface area (Å²) in [7, 11) is 1.58. The number of methoxy groups -OCH3 is 1. The number of hydrogen-bond donors (Lipinski definition) is 1. The van der Waals surface area contributed by atoms with Gasteiger partial charge in [0.2, 0.25) is 0 Å². The Labute approximate surface area is 192 Å². The summed E-state index contributed by atoms with van der Waals surface area (Å²) in [5.74, 6) is 6.53. The summed E-state index contributed by atoms with van der Waals surface area (Å²) in [6.45, 7) is 8.32. The van der Waals surface area contributed by atoms with Gasteiger partial charge >= 0.3 is 5.97 Å². The van der Waals surface area contributed by atoms with Gasteiger partial charge in [0.05, 0.1) is 5.56 Å². The third-order valence-corrected chi connectivity index (χ3v) is 7.59. The molecular weight excluding hydrogens is 404 g/mol. The van der Waals surface area contributed by atoms with Crippen molar-refractivity contribution < 1.29 is 24.1 Å². The maximum absolute atomic E-state index is 12.7. The first-order valence-corrected chi connectivity index (χ1v) is 11.8. The molecular formula is C27H38O5. The standard InChI is InChI=1S/C27H38O5/c1-19(23(28)15-17-26(2,3)31-18-30-5)21-13-14-22-24(12-9-16-27(21,22)4)32-25(29)20-10-7-6-8-11-20/h6-8,10-11,19,21-24,28H,9,12-14,16,18H2,1-5H3/t19-,21?,22?,23-,24-,27+/m0/s1. The van der Waals surface area contributed by atoms with Crippen LogP contribution in [0.4, 0.5) is 0 Å². The Kier molecular flexibility index (Phi) is 8.03. The van der Waals surface area contributed by atoms with E-state index in [1.165, 1.54) is 0 Å². The second-order valence-electron chi connectivity index (χ2n) is 10.1. The molecule has 0 amide bonds. The van der Waals surface area contributed by atoms with Crippen LogP contribution in [0.1, 0.15) is 70.2 Å². The summed E-state index contributed by atoms with van der Waals surface area (Å²) in [4.78, 5) is 12.7. The normalized spacial score (nSPS) is 29.4. The molecule has 1 aromatic rings. The number of fused-ring (bicyclic) bond motifs is 1. The molecule has 5 nitrogen and oxygen atoms in total. The van der Waals surface area contributed by atoms with E-state index in [1.54, 1.807) is 19.2 Å². The molecule has 0 aliphatic heterocycles. The van der Waals surface area contributed by atoms with Gasteiger partial charge in [0.1, 0.15) is 24.6 Å². The van der Waals surface area contributed by atoms with Crippen molar-refractivity contribution in [1.29, 1.82) is 0 Å². The summed E-state index contributed by atoms with van der Waals surface area (Å²) in [6.07, 6.45) is 4.27. The van der Waals surface area contributed by atoms with Crippen molar-refractivity contribution in [1.82, 2.24) is 0 Å². The summed E-state index contributed by atoms with van der Waals surface area (Å²) >= 11 is 0. The van der Waals surface area contributed by atoms with Gasteiger partial charge in [-0.15, -0.1) is 0 Å². The molecule has 2 fully saturated rings. The van der Waals surface area contributed by atoms with E-state index in [4.69, 9.17) is 14.2 Å². The van der Waals surface area contributed by atoms with Gasteiger partial charge in [-0.05, 0) is 75.3 Å². The minimum atomic E-state index is -0.728. The van der Waals surface area contributed by atoms with E-state index >= 15 is 0 Å². The Morgan fingerprint density at radius 1 is 1.25 bits per heavy atom. The first-order valence-electron chi connectivity index (χ1n) is 11.8. The predicted molar refractivity (Wildman–Crippen MR) is 124 cm³/mol. The monoisotopic (exact) mass is 442 g/mol. The lowest BCUT2D eigenvalue weighted by Crippen LogP contribution is -2.44. The second-order valence-corrected chi connectivity index (χ2v) is 10.1. The van der Waals surface area contributed by atoms with E-state index in [9.17, 15) is 9.90 Å². The number of carbonyl (C=O) groups is 1. The smallest absolute Gasteiger partial charge is 0.338 e. The zero-order valence-corrected chi connectivity index (χ0v) is 20.1. The van der Waals surface area contributed by atoms with Crippen molar-refractivity contribution in [3.05, 3.63) is 35.9 Å². The highest BCUT2D eigenvalue weighted by atomic mass is 16.7.